The monoisotopic (exact) mass is 450 g/mol. The van der Waals surface area contributed by atoms with Gasteiger partial charge in [0.15, 0.2) is 6.30 Å². The van der Waals surface area contributed by atoms with Crippen LogP contribution < -0.4 is 22.1 Å². The SMILES string of the molecule is N=C(N)C1CCC2CC(C(=O)NC3CCC(F)NC3)N(CC3CCC(C(N)=O)CC3)C2C1. The van der Waals surface area contributed by atoms with Crippen molar-refractivity contribution in [2.24, 2.45) is 35.1 Å². The second-order valence-corrected chi connectivity index (χ2v) is 10.5. The van der Waals surface area contributed by atoms with Gasteiger partial charge in [0.05, 0.1) is 11.9 Å². The third-order valence-electron chi connectivity index (χ3n) is 8.47. The zero-order chi connectivity index (χ0) is 22.8. The van der Waals surface area contributed by atoms with Gasteiger partial charge in [-0.3, -0.25) is 25.2 Å². The molecule has 6 atom stereocenters. The van der Waals surface area contributed by atoms with Crippen molar-refractivity contribution in [2.45, 2.75) is 88.6 Å². The van der Waals surface area contributed by atoms with E-state index in [2.05, 4.69) is 15.5 Å². The number of halogens is 1. The minimum absolute atomic E-state index is 0.0217. The quantitative estimate of drug-likeness (QED) is 0.235. The van der Waals surface area contributed by atoms with Crippen LogP contribution in [0.25, 0.3) is 0 Å². The molecule has 0 aromatic rings. The second-order valence-electron chi connectivity index (χ2n) is 10.5. The van der Waals surface area contributed by atoms with Gasteiger partial charge in [0.2, 0.25) is 11.8 Å². The molecule has 0 bridgehead atoms. The van der Waals surface area contributed by atoms with E-state index in [-0.39, 0.29) is 47.6 Å². The van der Waals surface area contributed by atoms with Crippen LogP contribution in [0.15, 0.2) is 0 Å². The molecular formula is C23H39FN6O2. The molecule has 2 amide bonds. The Hall–Kier alpha value is -1.74. The molecule has 2 heterocycles. The van der Waals surface area contributed by atoms with E-state index in [0.29, 0.717) is 31.2 Å². The number of nitrogens with zero attached hydrogens (tertiary/aromatic N) is 1. The molecule has 0 aromatic carbocycles. The van der Waals surface area contributed by atoms with Crippen molar-refractivity contribution in [1.29, 1.82) is 5.41 Å². The summed E-state index contributed by atoms with van der Waals surface area (Å²) in [6, 6.07) is 0.0459. The summed E-state index contributed by atoms with van der Waals surface area (Å²) < 4.78 is 13.4. The van der Waals surface area contributed by atoms with Crippen molar-refractivity contribution in [2.75, 3.05) is 13.1 Å². The lowest BCUT2D eigenvalue weighted by atomic mass is 9.77. The molecular weight excluding hydrogens is 411 g/mol. The van der Waals surface area contributed by atoms with Crippen molar-refractivity contribution in [3.63, 3.8) is 0 Å². The summed E-state index contributed by atoms with van der Waals surface area (Å²) >= 11 is 0. The molecule has 8 nitrogen and oxygen atoms in total. The lowest BCUT2D eigenvalue weighted by molar-refractivity contribution is -0.127. The van der Waals surface area contributed by atoms with Crippen molar-refractivity contribution in [1.82, 2.24) is 15.5 Å². The third kappa shape index (κ3) is 5.25. The molecule has 0 spiro atoms. The fraction of sp³-hybridized carbons (Fsp3) is 0.870. The first-order chi connectivity index (χ1) is 15.3. The Morgan fingerprint density at radius 1 is 1.00 bits per heavy atom. The molecule has 4 aliphatic rings. The van der Waals surface area contributed by atoms with Gasteiger partial charge in [-0.1, -0.05) is 0 Å². The van der Waals surface area contributed by atoms with E-state index in [1.54, 1.807) is 0 Å². The molecule has 32 heavy (non-hydrogen) atoms. The fourth-order valence-corrected chi connectivity index (χ4v) is 6.52. The van der Waals surface area contributed by atoms with Crippen molar-refractivity contribution in [3.05, 3.63) is 0 Å². The molecule has 7 N–H and O–H groups in total. The molecule has 6 unspecified atom stereocenters. The number of primary amides is 1. The number of piperidine rings is 1. The summed E-state index contributed by atoms with van der Waals surface area (Å²) in [7, 11) is 0. The van der Waals surface area contributed by atoms with Gasteiger partial charge < -0.3 is 16.8 Å². The number of nitrogens with two attached hydrogens (primary N) is 2. The Labute approximate surface area is 189 Å². The standard InChI is InChI=1S/C23H39FN6O2/c24-20-8-7-17(11-28-20)29-23(32)19-9-15-5-6-16(21(25)26)10-18(15)30(19)12-13-1-3-14(4-2-13)22(27)31/h13-20,28H,1-12H2,(H3,25,26)(H2,27,31)(H,29,32). The fourth-order valence-electron chi connectivity index (χ4n) is 6.52. The van der Waals surface area contributed by atoms with Crippen LogP contribution in [-0.2, 0) is 9.59 Å². The zero-order valence-corrected chi connectivity index (χ0v) is 18.9. The molecule has 2 saturated carbocycles. The predicted molar refractivity (Wildman–Crippen MR) is 120 cm³/mol. The topological polar surface area (TPSA) is 137 Å². The van der Waals surface area contributed by atoms with Crippen LogP contribution in [0.2, 0.25) is 0 Å². The smallest absolute Gasteiger partial charge is 0.237 e. The van der Waals surface area contributed by atoms with Gasteiger partial charge in [-0.15, -0.1) is 0 Å². The maximum absolute atomic E-state index is 13.4. The summed E-state index contributed by atoms with van der Waals surface area (Å²) in [6.07, 6.45) is 7.26. The number of amidine groups is 1. The first-order valence-electron chi connectivity index (χ1n) is 12.4. The summed E-state index contributed by atoms with van der Waals surface area (Å²) in [5.41, 5.74) is 11.4. The van der Waals surface area contributed by atoms with Crippen LogP contribution in [0.3, 0.4) is 0 Å². The number of rotatable bonds is 6. The second kappa shape index (κ2) is 10.0. The highest BCUT2D eigenvalue weighted by atomic mass is 19.1. The molecule has 0 aromatic heterocycles. The van der Waals surface area contributed by atoms with Crippen molar-refractivity contribution < 1.29 is 14.0 Å². The summed E-state index contributed by atoms with van der Waals surface area (Å²) in [5.74, 6) is 1.07. The number of likely N-dealkylation sites (tertiary alicyclic amines) is 1. The first kappa shape index (κ1) is 23.4. The van der Waals surface area contributed by atoms with Gasteiger partial charge in [0.25, 0.3) is 0 Å². The Bertz CT molecular complexity index is 705. The zero-order valence-electron chi connectivity index (χ0n) is 18.9. The van der Waals surface area contributed by atoms with Gasteiger partial charge in [-0.2, -0.15) is 0 Å². The molecule has 4 rings (SSSR count). The summed E-state index contributed by atoms with van der Waals surface area (Å²) in [4.78, 5) is 27.3. The first-order valence-corrected chi connectivity index (χ1v) is 12.4. The number of nitrogens with one attached hydrogen (secondary N) is 3. The third-order valence-corrected chi connectivity index (χ3v) is 8.47. The van der Waals surface area contributed by atoms with Gasteiger partial charge in [0, 0.05) is 37.0 Å². The summed E-state index contributed by atoms with van der Waals surface area (Å²) in [5, 5.41) is 13.9. The van der Waals surface area contributed by atoms with Crippen LogP contribution in [0.5, 0.6) is 0 Å². The average molecular weight is 451 g/mol. The lowest BCUT2D eigenvalue weighted by Gasteiger charge is -2.40. The number of alkyl halides is 1. The van der Waals surface area contributed by atoms with Gasteiger partial charge >= 0.3 is 0 Å². The van der Waals surface area contributed by atoms with E-state index >= 15 is 0 Å². The van der Waals surface area contributed by atoms with E-state index < -0.39 is 6.30 Å². The van der Waals surface area contributed by atoms with Crippen LogP contribution in [0.1, 0.15) is 64.2 Å². The summed E-state index contributed by atoms with van der Waals surface area (Å²) in [6.45, 7) is 1.31. The number of hydrogen-bond donors (Lipinski definition) is 5. The minimum atomic E-state index is -0.979. The lowest BCUT2D eigenvalue weighted by Crippen LogP contribution is -2.54. The minimum Gasteiger partial charge on any atom is -0.387 e. The molecule has 2 aliphatic heterocycles. The molecule has 9 heteroatoms. The van der Waals surface area contributed by atoms with Crippen LogP contribution in [0.4, 0.5) is 4.39 Å². The molecule has 2 saturated heterocycles. The van der Waals surface area contributed by atoms with Crippen molar-refractivity contribution in [3.8, 4) is 0 Å². The number of amides is 2. The Balaban J connectivity index is 1.43. The highest BCUT2D eigenvalue weighted by Gasteiger charge is 2.48. The maximum Gasteiger partial charge on any atom is 0.237 e. The van der Waals surface area contributed by atoms with Crippen LogP contribution >= 0.6 is 0 Å². The number of fused-ring (bicyclic) bond motifs is 1. The highest BCUT2D eigenvalue weighted by Crippen LogP contribution is 2.43. The maximum atomic E-state index is 13.4. The Morgan fingerprint density at radius 3 is 2.34 bits per heavy atom. The van der Waals surface area contributed by atoms with Crippen LogP contribution in [-0.4, -0.2) is 60.1 Å². The molecule has 2 aliphatic carbocycles. The Kier molecular flexibility index (Phi) is 7.34. The molecule has 4 fully saturated rings. The predicted octanol–water partition coefficient (Wildman–Crippen LogP) is 1.24. The average Bonchev–Trinajstić information content (AvgIpc) is 3.13. The van der Waals surface area contributed by atoms with E-state index in [0.717, 1.165) is 57.9 Å². The number of hydrogen-bond acceptors (Lipinski definition) is 5. The normalized spacial score (nSPS) is 40.4. The molecule has 0 radical (unpaired) electrons. The van der Waals surface area contributed by atoms with E-state index in [1.165, 1.54) is 0 Å². The molecule has 180 valence electrons. The van der Waals surface area contributed by atoms with E-state index in [9.17, 15) is 14.0 Å². The number of carbonyl (C=O) groups is 2. The van der Waals surface area contributed by atoms with E-state index in [1.807, 2.05) is 0 Å². The highest BCUT2D eigenvalue weighted by molar-refractivity contribution is 5.83. The van der Waals surface area contributed by atoms with Crippen LogP contribution in [0, 0.1) is 29.1 Å². The number of carbonyl (C=O) groups excluding carboxylic acids is 2. The Morgan fingerprint density at radius 2 is 1.72 bits per heavy atom. The largest absolute Gasteiger partial charge is 0.387 e. The van der Waals surface area contributed by atoms with Gasteiger partial charge in [0.1, 0.15) is 0 Å². The van der Waals surface area contributed by atoms with Crippen molar-refractivity contribution >= 4 is 17.6 Å². The van der Waals surface area contributed by atoms with E-state index in [4.69, 9.17) is 16.9 Å². The van der Waals surface area contributed by atoms with Gasteiger partial charge in [-0.25, -0.2) is 4.39 Å². The van der Waals surface area contributed by atoms with Gasteiger partial charge in [-0.05, 0) is 76.0 Å².